The van der Waals surface area contributed by atoms with Gasteiger partial charge in [-0.05, 0) is 33.3 Å². The summed E-state index contributed by atoms with van der Waals surface area (Å²) in [6, 6.07) is 1.71. The molecule has 1 atom stereocenters. The maximum absolute atomic E-state index is 11.7. The van der Waals surface area contributed by atoms with Crippen LogP contribution in [0.2, 0.25) is 0 Å². The van der Waals surface area contributed by atoms with E-state index in [1.165, 1.54) is 4.90 Å². The summed E-state index contributed by atoms with van der Waals surface area (Å²) < 4.78 is 1.95. The Bertz CT molecular complexity index is 417. The van der Waals surface area contributed by atoms with Crippen molar-refractivity contribution in [2.45, 2.75) is 39.8 Å². The summed E-state index contributed by atoms with van der Waals surface area (Å²) in [7, 11) is 1.68. The van der Waals surface area contributed by atoms with E-state index in [-0.39, 0.29) is 18.7 Å². The number of hydrogen-bond donors (Lipinski definition) is 2. The van der Waals surface area contributed by atoms with E-state index in [2.05, 4.69) is 10.4 Å². The third-order valence-electron chi connectivity index (χ3n) is 3.17. The van der Waals surface area contributed by atoms with Crippen molar-refractivity contribution >= 4 is 6.03 Å². The minimum Gasteiger partial charge on any atom is -0.394 e. The van der Waals surface area contributed by atoms with Gasteiger partial charge in [0.1, 0.15) is 0 Å². The number of aliphatic hydroxyl groups excluding tert-OH is 1. The molecule has 0 saturated heterocycles. The lowest BCUT2D eigenvalue weighted by atomic mass is 10.3. The molecule has 0 spiro atoms. The van der Waals surface area contributed by atoms with E-state index in [0.717, 1.165) is 24.4 Å². The zero-order chi connectivity index (χ0) is 14.4. The summed E-state index contributed by atoms with van der Waals surface area (Å²) in [5.74, 6) is 0. The Kier molecular flexibility index (Phi) is 5.82. The van der Waals surface area contributed by atoms with Crippen LogP contribution < -0.4 is 5.32 Å². The van der Waals surface area contributed by atoms with Gasteiger partial charge in [-0.3, -0.25) is 4.68 Å². The number of aromatic nitrogens is 2. The Hall–Kier alpha value is -1.56. The van der Waals surface area contributed by atoms with Gasteiger partial charge in [0, 0.05) is 25.8 Å². The fourth-order valence-corrected chi connectivity index (χ4v) is 1.77. The molecule has 108 valence electrons. The van der Waals surface area contributed by atoms with Crippen LogP contribution >= 0.6 is 0 Å². The molecule has 19 heavy (non-hydrogen) atoms. The van der Waals surface area contributed by atoms with E-state index >= 15 is 0 Å². The molecule has 0 aromatic carbocycles. The number of rotatable bonds is 6. The predicted molar refractivity (Wildman–Crippen MR) is 74.0 cm³/mol. The van der Waals surface area contributed by atoms with Crippen molar-refractivity contribution in [2.75, 3.05) is 20.2 Å². The molecule has 0 fully saturated rings. The van der Waals surface area contributed by atoms with Gasteiger partial charge in [0.2, 0.25) is 0 Å². The first kappa shape index (κ1) is 15.5. The molecule has 1 unspecified atom stereocenters. The van der Waals surface area contributed by atoms with E-state index in [1.807, 2.05) is 24.6 Å². The number of aliphatic hydroxyl groups is 1. The van der Waals surface area contributed by atoms with Crippen molar-refractivity contribution in [2.24, 2.45) is 0 Å². The van der Waals surface area contributed by atoms with Gasteiger partial charge in [0.05, 0.1) is 18.3 Å². The lowest BCUT2D eigenvalue weighted by molar-refractivity contribution is 0.157. The average Bonchev–Trinajstić information content (AvgIpc) is 2.70. The van der Waals surface area contributed by atoms with Gasteiger partial charge < -0.3 is 15.3 Å². The molecule has 0 radical (unpaired) electrons. The van der Waals surface area contributed by atoms with Gasteiger partial charge in [-0.15, -0.1) is 0 Å². The van der Waals surface area contributed by atoms with Crippen molar-refractivity contribution in [3.8, 4) is 0 Å². The molecule has 2 amide bonds. The lowest BCUT2D eigenvalue weighted by Crippen LogP contribution is -2.44. The third-order valence-corrected chi connectivity index (χ3v) is 3.17. The molecule has 2 N–H and O–H groups in total. The summed E-state index contributed by atoms with van der Waals surface area (Å²) in [5, 5.41) is 16.2. The number of hydrogen-bond acceptors (Lipinski definition) is 3. The van der Waals surface area contributed by atoms with Crippen LogP contribution in [0.15, 0.2) is 6.07 Å². The van der Waals surface area contributed by atoms with Crippen molar-refractivity contribution in [3.05, 3.63) is 17.5 Å². The smallest absolute Gasteiger partial charge is 0.317 e. The number of carbonyl (C=O) groups excluding carboxylic acids is 1. The van der Waals surface area contributed by atoms with Gasteiger partial charge in [-0.25, -0.2) is 4.79 Å². The van der Waals surface area contributed by atoms with Crippen LogP contribution in [0.1, 0.15) is 24.7 Å². The van der Waals surface area contributed by atoms with E-state index in [0.29, 0.717) is 6.54 Å². The number of likely N-dealkylation sites (N-methyl/N-ethyl adjacent to an activating group) is 1. The molecule has 1 heterocycles. The molecule has 6 nitrogen and oxygen atoms in total. The fourth-order valence-electron chi connectivity index (χ4n) is 1.77. The maximum atomic E-state index is 11.7. The van der Waals surface area contributed by atoms with Crippen LogP contribution in [0, 0.1) is 13.8 Å². The van der Waals surface area contributed by atoms with Gasteiger partial charge in [0.25, 0.3) is 0 Å². The summed E-state index contributed by atoms with van der Waals surface area (Å²) in [5.41, 5.74) is 2.15. The highest BCUT2D eigenvalue weighted by molar-refractivity contribution is 5.74. The zero-order valence-corrected chi connectivity index (χ0v) is 12.2. The molecule has 1 aromatic heterocycles. The fraction of sp³-hybridized carbons (Fsp3) is 0.692. The highest BCUT2D eigenvalue weighted by Gasteiger charge is 2.13. The average molecular weight is 268 g/mol. The lowest BCUT2D eigenvalue weighted by Gasteiger charge is -2.23. The SMILES string of the molecule is Cc1cc(C)n(CCCNC(=O)N(C)C(C)CO)n1. The largest absolute Gasteiger partial charge is 0.394 e. The monoisotopic (exact) mass is 268 g/mol. The van der Waals surface area contributed by atoms with E-state index in [4.69, 9.17) is 5.11 Å². The summed E-state index contributed by atoms with van der Waals surface area (Å²) in [4.78, 5) is 13.2. The Labute approximate surface area is 114 Å². The first-order chi connectivity index (χ1) is 8.95. The van der Waals surface area contributed by atoms with Crippen molar-refractivity contribution in [1.82, 2.24) is 20.0 Å². The minimum atomic E-state index is -0.170. The summed E-state index contributed by atoms with van der Waals surface area (Å²) in [6.07, 6.45) is 0.828. The minimum absolute atomic E-state index is 0.0321. The van der Waals surface area contributed by atoms with Crippen LogP contribution in [-0.4, -0.2) is 52.1 Å². The molecule has 6 heteroatoms. The van der Waals surface area contributed by atoms with Crippen LogP contribution in [0.3, 0.4) is 0 Å². The number of nitrogens with zero attached hydrogens (tertiary/aromatic N) is 3. The van der Waals surface area contributed by atoms with Gasteiger partial charge in [0.15, 0.2) is 0 Å². The van der Waals surface area contributed by atoms with Crippen molar-refractivity contribution in [3.63, 3.8) is 0 Å². The van der Waals surface area contributed by atoms with Crippen LogP contribution in [-0.2, 0) is 6.54 Å². The second-order valence-corrected chi connectivity index (χ2v) is 4.88. The molecule has 1 rings (SSSR count). The molecular weight excluding hydrogens is 244 g/mol. The Balaban J connectivity index is 2.27. The normalized spacial score (nSPS) is 12.3. The highest BCUT2D eigenvalue weighted by atomic mass is 16.3. The number of nitrogens with one attached hydrogen (secondary N) is 1. The molecule has 0 aliphatic heterocycles. The quantitative estimate of drug-likeness (QED) is 0.753. The molecule has 0 saturated carbocycles. The number of carbonyl (C=O) groups is 1. The van der Waals surface area contributed by atoms with Gasteiger partial charge in [-0.2, -0.15) is 5.10 Å². The summed E-state index contributed by atoms with van der Waals surface area (Å²) in [6.45, 7) is 7.15. The molecular formula is C13H24N4O2. The predicted octanol–water partition coefficient (Wildman–Crippen LogP) is 0.912. The van der Waals surface area contributed by atoms with Crippen LogP contribution in [0.5, 0.6) is 0 Å². The second-order valence-electron chi connectivity index (χ2n) is 4.88. The Morgan fingerprint density at radius 2 is 2.26 bits per heavy atom. The number of amides is 2. The van der Waals surface area contributed by atoms with E-state index in [9.17, 15) is 4.79 Å². The van der Waals surface area contributed by atoms with Gasteiger partial charge >= 0.3 is 6.03 Å². The number of aryl methyl sites for hydroxylation is 3. The zero-order valence-electron chi connectivity index (χ0n) is 12.2. The summed E-state index contributed by atoms with van der Waals surface area (Å²) >= 11 is 0. The van der Waals surface area contributed by atoms with Crippen molar-refractivity contribution in [1.29, 1.82) is 0 Å². The molecule has 0 aliphatic rings. The number of urea groups is 1. The Morgan fingerprint density at radius 1 is 1.58 bits per heavy atom. The second kappa shape index (κ2) is 7.13. The van der Waals surface area contributed by atoms with E-state index in [1.54, 1.807) is 14.0 Å². The maximum Gasteiger partial charge on any atom is 0.317 e. The van der Waals surface area contributed by atoms with Crippen LogP contribution in [0.25, 0.3) is 0 Å². The standard InChI is InChI=1S/C13H24N4O2/c1-10-8-11(2)17(15-10)7-5-6-14-13(19)16(4)12(3)9-18/h8,12,18H,5-7,9H2,1-4H3,(H,14,19). The van der Waals surface area contributed by atoms with Crippen LogP contribution in [0.4, 0.5) is 4.79 Å². The topological polar surface area (TPSA) is 70.4 Å². The molecule has 1 aromatic rings. The van der Waals surface area contributed by atoms with E-state index < -0.39 is 0 Å². The van der Waals surface area contributed by atoms with Crippen molar-refractivity contribution < 1.29 is 9.90 Å². The third kappa shape index (κ3) is 4.55. The molecule has 0 bridgehead atoms. The molecule has 0 aliphatic carbocycles. The first-order valence-electron chi connectivity index (χ1n) is 6.58. The first-order valence-corrected chi connectivity index (χ1v) is 6.58. The Morgan fingerprint density at radius 3 is 2.79 bits per heavy atom. The highest BCUT2D eigenvalue weighted by Crippen LogP contribution is 2.02. The van der Waals surface area contributed by atoms with Gasteiger partial charge in [-0.1, -0.05) is 0 Å².